The number of aliphatic hydroxyl groups is 1. The molecule has 0 aliphatic carbocycles. The molecule has 0 unspecified atom stereocenters. The van der Waals surface area contributed by atoms with E-state index in [1.807, 2.05) is 0 Å². The largest absolute Gasteiger partial charge is 0.391 e. The molecular formula is C14H16N4O3. The fraction of sp³-hybridized carbons (Fsp3) is 0.429. The van der Waals surface area contributed by atoms with Crippen LogP contribution in [0.25, 0.3) is 10.9 Å². The van der Waals surface area contributed by atoms with Crippen molar-refractivity contribution >= 4 is 16.7 Å². The lowest BCUT2D eigenvalue weighted by molar-refractivity contribution is -0.125. The van der Waals surface area contributed by atoms with Gasteiger partial charge in [-0.15, -0.1) is 0 Å². The maximum atomic E-state index is 12.3. The predicted molar refractivity (Wildman–Crippen MR) is 75.8 cm³/mol. The molecule has 1 aliphatic rings. The average molecular weight is 288 g/mol. The van der Waals surface area contributed by atoms with Gasteiger partial charge >= 0.3 is 0 Å². The SMILES string of the molecule is O=C(Cn1cnc2ccncc2c1=O)[C@H]1NCCC[C@@H]1O. The van der Waals surface area contributed by atoms with E-state index < -0.39 is 12.1 Å². The minimum absolute atomic E-state index is 0.106. The van der Waals surface area contributed by atoms with Crippen molar-refractivity contribution in [1.82, 2.24) is 19.9 Å². The summed E-state index contributed by atoms with van der Waals surface area (Å²) in [5.74, 6) is -0.214. The first-order valence-electron chi connectivity index (χ1n) is 6.90. The van der Waals surface area contributed by atoms with Crippen LogP contribution in [0.15, 0.2) is 29.6 Å². The monoisotopic (exact) mass is 288 g/mol. The fourth-order valence-corrected chi connectivity index (χ4v) is 2.58. The van der Waals surface area contributed by atoms with E-state index in [1.54, 1.807) is 12.3 Å². The number of hydrogen-bond donors (Lipinski definition) is 2. The molecular weight excluding hydrogens is 272 g/mol. The Morgan fingerprint density at radius 1 is 1.52 bits per heavy atom. The molecule has 1 saturated heterocycles. The normalized spacial score (nSPS) is 22.3. The molecule has 2 N–H and O–H groups in total. The summed E-state index contributed by atoms with van der Waals surface area (Å²) in [5, 5.41) is 13.2. The van der Waals surface area contributed by atoms with E-state index in [0.717, 1.165) is 6.42 Å². The molecule has 7 heteroatoms. The first-order valence-corrected chi connectivity index (χ1v) is 6.90. The van der Waals surface area contributed by atoms with Crippen LogP contribution >= 0.6 is 0 Å². The maximum Gasteiger partial charge on any atom is 0.263 e. The molecule has 21 heavy (non-hydrogen) atoms. The highest BCUT2D eigenvalue weighted by Gasteiger charge is 2.29. The van der Waals surface area contributed by atoms with E-state index in [4.69, 9.17) is 0 Å². The van der Waals surface area contributed by atoms with Gasteiger partial charge in [0, 0.05) is 12.4 Å². The molecule has 2 atom stereocenters. The molecule has 0 spiro atoms. The van der Waals surface area contributed by atoms with E-state index in [1.165, 1.54) is 17.1 Å². The van der Waals surface area contributed by atoms with Crippen LogP contribution in [0.3, 0.4) is 0 Å². The lowest BCUT2D eigenvalue weighted by Crippen LogP contribution is -2.51. The quantitative estimate of drug-likeness (QED) is 0.788. The zero-order valence-electron chi connectivity index (χ0n) is 11.4. The number of nitrogens with one attached hydrogen (secondary N) is 1. The number of piperidine rings is 1. The highest BCUT2D eigenvalue weighted by molar-refractivity contribution is 5.85. The number of carbonyl (C=O) groups is 1. The van der Waals surface area contributed by atoms with Gasteiger partial charge in [0.05, 0.1) is 35.9 Å². The van der Waals surface area contributed by atoms with Crippen LogP contribution in [0, 0.1) is 0 Å². The van der Waals surface area contributed by atoms with Crippen molar-refractivity contribution in [3.05, 3.63) is 35.1 Å². The number of rotatable bonds is 3. The van der Waals surface area contributed by atoms with Crippen molar-refractivity contribution in [2.24, 2.45) is 0 Å². The zero-order valence-corrected chi connectivity index (χ0v) is 11.4. The van der Waals surface area contributed by atoms with Crippen molar-refractivity contribution < 1.29 is 9.90 Å². The van der Waals surface area contributed by atoms with Crippen molar-refractivity contribution in [1.29, 1.82) is 0 Å². The number of ketones is 1. The summed E-state index contributed by atoms with van der Waals surface area (Å²) in [4.78, 5) is 32.6. The summed E-state index contributed by atoms with van der Waals surface area (Å²) >= 11 is 0. The van der Waals surface area contributed by atoms with E-state index in [-0.39, 0.29) is 17.9 Å². The number of fused-ring (bicyclic) bond motifs is 1. The summed E-state index contributed by atoms with van der Waals surface area (Å²) in [5.41, 5.74) is 0.251. The number of aliphatic hydroxyl groups excluding tert-OH is 1. The van der Waals surface area contributed by atoms with Crippen LogP contribution in [0.5, 0.6) is 0 Å². The number of nitrogens with zero attached hydrogens (tertiary/aromatic N) is 3. The molecule has 3 rings (SSSR count). The van der Waals surface area contributed by atoms with Crippen LogP contribution in [0.1, 0.15) is 12.8 Å². The molecule has 0 radical (unpaired) electrons. The highest BCUT2D eigenvalue weighted by Crippen LogP contribution is 2.10. The summed E-state index contributed by atoms with van der Waals surface area (Å²) < 4.78 is 1.26. The van der Waals surface area contributed by atoms with Crippen molar-refractivity contribution in [2.45, 2.75) is 31.5 Å². The van der Waals surface area contributed by atoms with Gasteiger partial charge in [-0.2, -0.15) is 0 Å². The fourth-order valence-electron chi connectivity index (χ4n) is 2.58. The number of aromatic nitrogens is 3. The first-order chi connectivity index (χ1) is 10.2. The summed E-state index contributed by atoms with van der Waals surface area (Å²) in [6, 6.07) is 1.03. The van der Waals surface area contributed by atoms with E-state index in [0.29, 0.717) is 23.9 Å². The summed E-state index contributed by atoms with van der Waals surface area (Å²) in [7, 11) is 0. The van der Waals surface area contributed by atoms with E-state index in [2.05, 4.69) is 15.3 Å². The smallest absolute Gasteiger partial charge is 0.263 e. The van der Waals surface area contributed by atoms with Gasteiger partial charge in [0.15, 0.2) is 5.78 Å². The molecule has 1 aliphatic heterocycles. The average Bonchev–Trinajstić information content (AvgIpc) is 2.51. The standard InChI is InChI=1S/C14H16N4O3/c19-11-2-1-4-16-13(11)12(20)7-18-8-17-10-3-5-15-6-9(10)14(18)21/h3,5-6,8,11,13,16,19H,1-2,4,7H2/t11-,13-/m0/s1. The molecule has 0 aromatic carbocycles. The van der Waals surface area contributed by atoms with Gasteiger partial charge in [-0.25, -0.2) is 4.98 Å². The maximum absolute atomic E-state index is 12.3. The third-order valence-electron chi connectivity index (χ3n) is 3.72. The third kappa shape index (κ3) is 2.70. The van der Waals surface area contributed by atoms with Crippen LogP contribution in [0.2, 0.25) is 0 Å². The minimum Gasteiger partial charge on any atom is -0.391 e. The Bertz CT molecular complexity index is 727. The van der Waals surface area contributed by atoms with Crippen molar-refractivity contribution in [3.63, 3.8) is 0 Å². The Balaban J connectivity index is 1.86. The van der Waals surface area contributed by atoms with Crippen molar-refractivity contribution in [3.8, 4) is 0 Å². The van der Waals surface area contributed by atoms with E-state index >= 15 is 0 Å². The highest BCUT2D eigenvalue weighted by atomic mass is 16.3. The van der Waals surface area contributed by atoms with Crippen LogP contribution < -0.4 is 10.9 Å². The first kappa shape index (κ1) is 13.8. The van der Waals surface area contributed by atoms with Gasteiger partial charge in [0.1, 0.15) is 0 Å². The molecule has 2 aromatic rings. The second-order valence-electron chi connectivity index (χ2n) is 5.18. The summed E-state index contributed by atoms with van der Waals surface area (Å²) in [6.07, 6.45) is 5.10. The van der Waals surface area contributed by atoms with Gasteiger partial charge in [0.2, 0.25) is 0 Å². The minimum atomic E-state index is -0.697. The molecule has 110 valence electrons. The second kappa shape index (κ2) is 5.71. The van der Waals surface area contributed by atoms with Crippen LogP contribution in [-0.4, -0.2) is 44.1 Å². The molecule has 0 bridgehead atoms. The Kier molecular flexibility index (Phi) is 3.76. The summed E-state index contributed by atoms with van der Waals surface area (Å²) in [6.45, 7) is 0.591. The Hall–Kier alpha value is -2.12. The third-order valence-corrected chi connectivity index (χ3v) is 3.72. The molecule has 7 nitrogen and oxygen atoms in total. The molecule has 2 aromatic heterocycles. The van der Waals surface area contributed by atoms with Gasteiger partial charge in [0.25, 0.3) is 5.56 Å². The van der Waals surface area contributed by atoms with Gasteiger partial charge in [-0.05, 0) is 25.5 Å². The Labute approximate surface area is 120 Å². The van der Waals surface area contributed by atoms with Gasteiger partial charge in [-0.1, -0.05) is 0 Å². The predicted octanol–water partition coefficient (Wildman–Crippen LogP) is -0.527. The molecule has 0 amide bonds. The topological polar surface area (TPSA) is 97.1 Å². The van der Waals surface area contributed by atoms with E-state index in [9.17, 15) is 14.7 Å². The lowest BCUT2D eigenvalue weighted by Gasteiger charge is -2.27. The van der Waals surface area contributed by atoms with Gasteiger partial charge < -0.3 is 10.4 Å². The lowest BCUT2D eigenvalue weighted by atomic mass is 9.98. The number of pyridine rings is 1. The Morgan fingerprint density at radius 2 is 2.38 bits per heavy atom. The Morgan fingerprint density at radius 3 is 3.19 bits per heavy atom. The van der Waals surface area contributed by atoms with Crippen LogP contribution in [0.4, 0.5) is 0 Å². The second-order valence-corrected chi connectivity index (χ2v) is 5.18. The molecule has 1 fully saturated rings. The van der Waals surface area contributed by atoms with Crippen molar-refractivity contribution in [2.75, 3.05) is 6.54 Å². The molecule has 0 saturated carbocycles. The zero-order chi connectivity index (χ0) is 14.8. The number of hydrogen-bond acceptors (Lipinski definition) is 6. The number of carbonyl (C=O) groups excluding carboxylic acids is 1. The molecule has 3 heterocycles. The van der Waals surface area contributed by atoms with Crippen LogP contribution in [-0.2, 0) is 11.3 Å². The van der Waals surface area contributed by atoms with Gasteiger partial charge in [-0.3, -0.25) is 19.1 Å². The number of Topliss-reactive ketones (excluding diaryl/α,β-unsaturated/α-hetero) is 1.